The highest BCUT2D eigenvalue weighted by Crippen LogP contribution is 2.18. The standard InChI is InChI=1S/C13H10Cl2FNO/c14-6-10-2-3-11(7-17-10)18-8-9-1-4-13(16)12(15)5-9/h1-5,7H,6,8H2. The maximum atomic E-state index is 13.0. The Morgan fingerprint density at radius 3 is 2.67 bits per heavy atom. The minimum Gasteiger partial charge on any atom is -0.487 e. The van der Waals surface area contributed by atoms with Crippen LogP contribution in [0.1, 0.15) is 11.3 Å². The normalized spacial score (nSPS) is 10.4. The zero-order valence-corrected chi connectivity index (χ0v) is 10.9. The summed E-state index contributed by atoms with van der Waals surface area (Å²) in [5.41, 5.74) is 1.58. The van der Waals surface area contributed by atoms with Gasteiger partial charge in [0.25, 0.3) is 0 Å². The summed E-state index contributed by atoms with van der Waals surface area (Å²) in [5, 5.41) is 0.0895. The van der Waals surface area contributed by atoms with Crippen molar-refractivity contribution in [1.82, 2.24) is 4.98 Å². The van der Waals surface area contributed by atoms with Crippen LogP contribution >= 0.6 is 23.2 Å². The van der Waals surface area contributed by atoms with Crippen LogP contribution in [0.2, 0.25) is 5.02 Å². The van der Waals surface area contributed by atoms with Crippen LogP contribution in [0.25, 0.3) is 0 Å². The Bertz CT molecular complexity index is 531. The molecule has 18 heavy (non-hydrogen) atoms. The van der Waals surface area contributed by atoms with Crippen LogP contribution in [-0.4, -0.2) is 4.98 Å². The highest BCUT2D eigenvalue weighted by atomic mass is 35.5. The number of rotatable bonds is 4. The molecule has 0 spiro atoms. The zero-order valence-electron chi connectivity index (χ0n) is 9.37. The Balaban J connectivity index is 1.99. The number of alkyl halides is 1. The molecule has 0 saturated carbocycles. The number of ether oxygens (including phenoxy) is 1. The van der Waals surface area contributed by atoms with E-state index in [0.29, 0.717) is 18.2 Å². The molecule has 0 aliphatic carbocycles. The fraction of sp³-hybridized carbons (Fsp3) is 0.154. The maximum absolute atomic E-state index is 13.0. The first-order chi connectivity index (χ1) is 8.69. The molecule has 2 aromatic rings. The van der Waals surface area contributed by atoms with Gasteiger partial charge in [-0.3, -0.25) is 4.98 Å². The van der Waals surface area contributed by atoms with E-state index in [4.69, 9.17) is 27.9 Å². The first-order valence-corrected chi connectivity index (χ1v) is 6.18. The third-order valence-electron chi connectivity index (χ3n) is 2.32. The van der Waals surface area contributed by atoms with E-state index in [2.05, 4.69) is 4.98 Å². The number of pyridine rings is 1. The molecule has 1 aromatic heterocycles. The van der Waals surface area contributed by atoms with Gasteiger partial charge in [0, 0.05) is 0 Å². The van der Waals surface area contributed by atoms with Crippen molar-refractivity contribution >= 4 is 23.2 Å². The van der Waals surface area contributed by atoms with Crippen LogP contribution in [-0.2, 0) is 12.5 Å². The van der Waals surface area contributed by atoms with Gasteiger partial charge in [-0.25, -0.2) is 4.39 Å². The van der Waals surface area contributed by atoms with Gasteiger partial charge in [0.05, 0.1) is 22.8 Å². The average Bonchev–Trinajstić information content (AvgIpc) is 2.41. The van der Waals surface area contributed by atoms with Gasteiger partial charge in [-0.2, -0.15) is 0 Å². The SMILES string of the molecule is Fc1ccc(COc2ccc(CCl)nc2)cc1Cl. The summed E-state index contributed by atoms with van der Waals surface area (Å²) < 4.78 is 18.4. The summed E-state index contributed by atoms with van der Waals surface area (Å²) in [6.07, 6.45) is 1.60. The summed E-state index contributed by atoms with van der Waals surface area (Å²) in [6, 6.07) is 8.06. The molecule has 2 rings (SSSR count). The quantitative estimate of drug-likeness (QED) is 0.786. The van der Waals surface area contributed by atoms with Gasteiger partial charge in [-0.1, -0.05) is 17.7 Å². The van der Waals surface area contributed by atoms with Crippen molar-refractivity contribution in [3.8, 4) is 5.75 Å². The molecule has 0 fully saturated rings. The van der Waals surface area contributed by atoms with Crippen LogP contribution in [0, 0.1) is 5.82 Å². The number of aromatic nitrogens is 1. The summed E-state index contributed by atoms with van der Waals surface area (Å²) in [4.78, 5) is 4.10. The summed E-state index contributed by atoms with van der Waals surface area (Å²) >= 11 is 11.3. The molecule has 0 bridgehead atoms. The molecule has 0 atom stereocenters. The van der Waals surface area contributed by atoms with Crippen molar-refractivity contribution in [2.45, 2.75) is 12.5 Å². The van der Waals surface area contributed by atoms with E-state index >= 15 is 0 Å². The van der Waals surface area contributed by atoms with E-state index < -0.39 is 5.82 Å². The third-order valence-corrected chi connectivity index (χ3v) is 2.89. The minimum atomic E-state index is -0.437. The molecule has 1 aromatic carbocycles. The van der Waals surface area contributed by atoms with Gasteiger partial charge in [0.15, 0.2) is 0 Å². The van der Waals surface area contributed by atoms with Crippen LogP contribution in [0.4, 0.5) is 4.39 Å². The number of hydrogen-bond acceptors (Lipinski definition) is 2. The topological polar surface area (TPSA) is 22.1 Å². The predicted molar refractivity (Wildman–Crippen MR) is 69.5 cm³/mol. The van der Waals surface area contributed by atoms with Crippen molar-refractivity contribution in [3.05, 3.63) is 58.6 Å². The summed E-state index contributed by atoms with van der Waals surface area (Å²) in [6.45, 7) is 0.307. The Hall–Kier alpha value is -1.32. The predicted octanol–water partition coefficient (Wildman–Crippen LogP) is 4.19. The van der Waals surface area contributed by atoms with Crippen LogP contribution in [0.3, 0.4) is 0 Å². The first-order valence-electron chi connectivity index (χ1n) is 5.26. The molecule has 94 valence electrons. The second kappa shape index (κ2) is 6.03. The van der Waals surface area contributed by atoms with Crippen LogP contribution in [0.5, 0.6) is 5.75 Å². The number of nitrogens with zero attached hydrogens (tertiary/aromatic N) is 1. The molecular weight excluding hydrogens is 276 g/mol. The maximum Gasteiger partial charge on any atom is 0.141 e. The van der Waals surface area contributed by atoms with E-state index in [1.54, 1.807) is 24.4 Å². The van der Waals surface area contributed by atoms with Crippen molar-refractivity contribution < 1.29 is 9.13 Å². The lowest BCUT2D eigenvalue weighted by molar-refractivity contribution is 0.304. The van der Waals surface area contributed by atoms with E-state index in [0.717, 1.165) is 11.3 Å². The molecule has 0 amide bonds. The van der Waals surface area contributed by atoms with Gasteiger partial charge in [-0.05, 0) is 29.8 Å². The molecule has 0 unspecified atom stereocenters. The summed E-state index contributed by atoms with van der Waals surface area (Å²) in [5.74, 6) is 0.561. The van der Waals surface area contributed by atoms with Gasteiger partial charge in [-0.15, -0.1) is 11.6 Å². The lowest BCUT2D eigenvalue weighted by Gasteiger charge is -2.06. The second-order valence-corrected chi connectivity index (χ2v) is 4.33. The second-order valence-electron chi connectivity index (χ2n) is 3.66. The van der Waals surface area contributed by atoms with Crippen LogP contribution in [0.15, 0.2) is 36.5 Å². The average molecular weight is 286 g/mol. The summed E-state index contributed by atoms with van der Waals surface area (Å²) in [7, 11) is 0. The Labute approximate surface area is 114 Å². The third kappa shape index (κ3) is 3.34. The van der Waals surface area contributed by atoms with Crippen molar-refractivity contribution in [2.75, 3.05) is 0 Å². The highest BCUT2D eigenvalue weighted by molar-refractivity contribution is 6.30. The molecular formula is C13H10Cl2FNO. The fourth-order valence-electron chi connectivity index (χ4n) is 1.37. The monoisotopic (exact) mass is 285 g/mol. The fourth-order valence-corrected chi connectivity index (χ4v) is 1.73. The molecule has 0 aliphatic rings. The lowest BCUT2D eigenvalue weighted by atomic mass is 10.2. The van der Waals surface area contributed by atoms with Crippen molar-refractivity contribution in [2.24, 2.45) is 0 Å². The minimum absolute atomic E-state index is 0.0895. The Morgan fingerprint density at radius 1 is 1.22 bits per heavy atom. The van der Waals surface area contributed by atoms with Crippen LogP contribution < -0.4 is 4.74 Å². The number of benzene rings is 1. The largest absolute Gasteiger partial charge is 0.487 e. The molecule has 0 saturated heterocycles. The first kappa shape index (κ1) is 13.1. The van der Waals surface area contributed by atoms with E-state index in [1.807, 2.05) is 0 Å². The van der Waals surface area contributed by atoms with Gasteiger partial charge < -0.3 is 4.74 Å². The zero-order chi connectivity index (χ0) is 13.0. The number of halogens is 3. The molecule has 0 N–H and O–H groups in total. The van der Waals surface area contributed by atoms with Crippen molar-refractivity contribution in [3.63, 3.8) is 0 Å². The van der Waals surface area contributed by atoms with Gasteiger partial charge in [0.1, 0.15) is 18.2 Å². The molecule has 1 heterocycles. The van der Waals surface area contributed by atoms with E-state index in [9.17, 15) is 4.39 Å². The van der Waals surface area contributed by atoms with E-state index in [1.165, 1.54) is 12.1 Å². The van der Waals surface area contributed by atoms with Gasteiger partial charge >= 0.3 is 0 Å². The van der Waals surface area contributed by atoms with Crippen molar-refractivity contribution in [1.29, 1.82) is 0 Å². The lowest BCUT2D eigenvalue weighted by Crippen LogP contribution is -1.97. The highest BCUT2D eigenvalue weighted by Gasteiger charge is 2.02. The molecule has 0 aliphatic heterocycles. The van der Waals surface area contributed by atoms with E-state index in [-0.39, 0.29) is 5.02 Å². The Morgan fingerprint density at radius 2 is 2.06 bits per heavy atom. The molecule has 0 radical (unpaired) electrons. The molecule has 5 heteroatoms. The van der Waals surface area contributed by atoms with Gasteiger partial charge in [0.2, 0.25) is 0 Å². The number of hydrogen-bond donors (Lipinski definition) is 0. The smallest absolute Gasteiger partial charge is 0.141 e. The molecule has 2 nitrogen and oxygen atoms in total. The Kier molecular flexibility index (Phi) is 4.39.